The fraction of sp³-hybridized carbons (Fsp3) is 0.167. The van der Waals surface area contributed by atoms with Crippen LogP contribution in [0.1, 0.15) is 21.6 Å². The molecule has 0 spiro atoms. The molecule has 0 radical (unpaired) electrons. The molecule has 2 aromatic heterocycles. The molecule has 0 saturated heterocycles. The first-order chi connectivity index (χ1) is 13.2. The van der Waals surface area contributed by atoms with Crippen LogP contribution in [0.15, 0.2) is 45.7 Å². The van der Waals surface area contributed by atoms with E-state index < -0.39 is 23.6 Å². The Hall–Kier alpha value is -3.40. The average molecular weight is 394 g/mol. The van der Waals surface area contributed by atoms with Crippen molar-refractivity contribution in [1.82, 2.24) is 4.98 Å². The van der Waals surface area contributed by atoms with Gasteiger partial charge in [0.1, 0.15) is 11.3 Å². The van der Waals surface area contributed by atoms with E-state index in [1.54, 1.807) is 6.92 Å². The maximum atomic E-state index is 12.4. The average Bonchev–Trinajstić information content (AvgIpc) is 2.62. The maximum Gasteiger partial charge on any atom is 0.573 e. The summed E-state index contributed by atoms with van der Waals surface area (Å²) < 4.78 is 45.4. The molecular weight excluding hydrogens is 381 g/mol. The molecule has 0 aliphatic heterocycles. The van der Waals surface area contributed by atoms with Crippen molar-refractivity contribution < 1.29 is 32.2 Å². The van der Waals surface area contributed by atoms with Gasteiger partial charge in [-0.3, -0.25) is 9.78 Å². The normalized spacial score (nSPS) is 11.5. The molecule has 0 unspecified atom stereocenters. The van der Waals surface area contributed by atoms with E-state index in [0.717, 1.165) is 12.1 Å². The van der Waals surface area contributed by atoms with Crippen LogP contribution in [-0.2, 0) is 6.61 Å². The van der Waals surface area contributed by atoms with Crippen LogP contribution >= 0.6 is 0 Å². The van der Waals surface area contributed by atoms with Gasteiger partial charge in [-0.05, 0) is 37.3 Å². The zero-order valence-electron chi connectivity index (χ0n) is 14.3. The molecular formula is C18H13F3N2O5. The molecule has 0 saturated carbocycles. The summed E-state index contributed by atoms with van der Waals surface area (Å²) >= 11 is 0. The standard InChI is InChI=1S/C18H13F3N2O5/c1-9-15-13(10(8-24)7-22-9)6-14(17(26)27-15)16(25)23-11-2-4-12(5-3-11)28-18(19,20)21/h2-7,24H,8H2,1H3,(H,23,25). The van der Waals surface area contributed by atoms with Crippen LogP contribution in [0.5, 0.6) is 5.75 Å². The Morgan fingerprint density at radius 3 is 2.57 bits per heavy atom. The van der Waals surface area contributed by atoms with Gasteiger partial charge < -0.3 is 19.6 Å². The number of aliphatic hydroxyl groups is 1. The molecule has 7 nitrogen and oxygen atoms in total. The molecule has 3 aromatic rings. The van der Waals surface area contributed by atoms with Crippen molar-refractivity contribution in [3.05, 3.63) is 63.8 Å². The van der Waals surface area contributed by atoms with Crippen molar-refractivity contribution in [1.29, 1.82) is 0 Å². The second-order valence-electron chi connectivity index (χ2n) is 5.74. The number of aromatic nitrogens is 1. The number of carbonyl (C=O) groups excluding carboxylic acids is 1. The third kappa shape index (κ3) is 4.12. The molecule has 2 heterocycles. The van der Waals surface area contributed by atoms with Crippen LogP contribution in [0.3, 0.4) is 0 Å². The Bertz CT molecular complexity index is 1090. The summed E-state index contributed by atoms with van der Waals surface area (Å²) in [6.45, 7) is 1.23. The first-order valence-electron chi connectivity index (χ1n) is 7.88. The van der Waals surface area contributed by atoms with Gasteiger partial charge in [-0.25, -0.2) is 4.79 Å². The minimum Gasteiger partial charge on any atom is -0.420 e. The van der Waals surface area contributed by atoms with Gasteiger partial charge in [-0.15, -0.1) is 13.2 Å². The highest BCUT2D eigenvalue weighted by molar-refractivity contribution is 6.05. The van der Waals surface area contributed by atoms with Crippen molar-refractivity contribution in [2.24, 2.45) is 0 Å². The lowest BCUT2D eigenvalue weighted by atomic mass is 10.1. The number of ether oxygens (including phenoxy) is 1. The number of rotatable bonds is 4. The highest BCUT2D eigenvalue weighted by Gasteiger charge is 2.31. The minimum absolute atomic E-state index is 0.146. The van der Waals surface area contributed by atoms with E-state index in [-0.39, 0.29) is 23.4 Å². The number of hydrogen-bond donors (Lipinski definition) is 2. The zero-order chi connectivity index (χ0) is 20.5. The minimum atomic E-state index is -4.83. The van der Waals surface area contributed by atoms with Gasteiger partial charge in [-0.2, -0.15) is 0 Å². The van der Waals surface area contributed by atoms with Gasteiger partial charge in [-0.1, -0.05) is 0 Å². The molecule has 146 valence electrons. The molecule has 0 aliphatic rings. The Morgan fingerprint density at radius 1 is 1.29 bits per heavy atom. The smallest absolute Gasteiger partial charge is 0.420 e. The maximum absolute atomic E-state index is 12.4. The number of carbonyl (C=O) groups is 1. The van der Waals surface area contributed by atoms with Gasteiger partial charge >= 0.3 is 12.0 Å². The molecule has 3 rings (SSSR count). The van der Waals surface area contributed by atoms with Crippen molar-refractivity contribution in [2.45, 2.75) is 19.9 Å². The zero-order valence-corrected chi connectivity index (χ0v) is 14.3. The lowest BCUT2D eigenvalue weighted by molar-refractivity contribution is -0.274. The number of anilines is 1. The van der Waals surface area contributed by atoms with Crippen molar-refractivity contribution in [2.75, 3.05) is 5.32 Å². The number of aliphatic hydroxyl groups excluding tert-OH is 1. The first-order valence-corrected chi connectivity index (χ1v) is 7.88. The number of nitrogens with one attached hydrogen (secondary N) is 1. The van der Waals surface area contributed by atoms with Crippen molar-refractivity contribution >= 4 is 22.6 Å². The summed E-state index contributed by atoms with van der Waals surface area (Å²) in [5, 5.41) is 12.2. The van der Waals surface area contributed by atoms with Crippen molar-refractivity contribution in [3.8, 4) is 5.75 Å². The van der Waals surface area contributed by atoms with Crippen LogP contribution < -0.4 is 15.7 Å². The highest BCUT2D eigenvalue weighted by atomic mass is 19.4. The van der Waals surface area contributed by atoms with E-state index in [2.05, 4.69) is 15.0 Å². The number of nitrogens with zero attached hydrogens (tertiary/aromatic N) is 1. The largest absolute Gasteiger partial charge is 0.573 e. The second-order valence-corrected chi connectivity index (χ2v) is 5.74. The van der Waals surface area contributed by atoms with Crippen LogP contribution in [-0.4, -0.2) is 22.4 Å². The molecule has 0 bridgehead atoms. The van der Waals surface area contributed by atoms with Gasteiger partial charge in [0.15, 0.2) is 5.58 Å². The van der Waals surface area contributed by atoms with Gasteiger partial charge in [0, 0.05) is 22.8 Å². The Balaban J connectivity index is 1.89. The molecule has 1 aromatic carbocycles. The number of alkyl halides is 3. The molecule has 2 N–H and O–H groups in total. The van der Waals surface area contributed by atoms with Crippen molar-refractivity contribution in [3.63, 3.8) is 0 Å². The van der Waals surface area contributed by atoms with Crippen LogP contribution in [0.4, 0.5) is 18.9 Å². The predicted molar refractivity (Wildman–Crippen MR) is 92.0 cm³/mol. The van der Waals surface area contributed by atoms with E-state index in [4.69, 9.17) is 4.42 Å². The van der Waals surface area contributed by atoms with E-state index in [0.29, 0.717) is 16.6 Å². The topological polar surface area (TPSA) is 102 Å². The highest BCUT2D eigenvalue weighted by Crippen LogP contribution is 2.24. The number of fused-ring (bicyclic) bond motifs is 1. The van der Waals surface area contributed by atoms with E-state index in [1.807, 2.05) is 0 Å². The quantitative estimate of drug-likeness (QED) is 0.705. The number of benzene rings is 1. The lowest BCUT2D eigenvalue weighted by Crippen LogP contribution is -2.21. The molecule has 28 heavy (non-hydrogen) atoms. The third-order valence-corrected chi connectivity index (χ3v) is 3.80. The van der Waals surface area contributed by atoms with Gasteiger partial charge in [0.05, 0.1) is 12.3 Å². The molecule has 0 aliphatic carbocycles. The van der Waals surface area contributed by atoms with Crippen LogP contribution in [0, 0.1) is 6.92 Å². The number of pyridine rings is 1. The van der Waals surface area contributed by atoms with Crippen LogP contribution in [0.25, 0.3) is 11.0 Å². The van der Waals surface area contributed by atoms with E-state index >= 15 is 0 Å². The predicted octanol–water partition coefficient (Wildman–Crippen LogP) is 3.14. The van der Waals surface area contributed by atoms with Crippen LogP contribution in [0.2, 0.25) is 0 Å². The number of amides is 1. The SMILES string of the molecule is Cc1ncc(CO)c2cc(C(=O)Nc3ccc(OC(F)(F)F)cc3)c(=O)oc12. The lowest BCUT2D eigenvalue weighted by Gasteiger charge is -2.10. The van der Waals surface area contributed by atoms with Gasteiger partial charge in [0.25, 0.3) is 5.91 Å². The number of halogens is 3. The fourth-order valence-electron chi connectivity index (χ4n) is 2.50. The second kappa shape index (κ2) is 7.31. The first kappa shape index (κ1) is 19.4. The fourth-order valence-corrected chi connectivity index (χ4v) is 2.50. The monoisotopic (exact) mass is 394 g/mol. The Kier molecular flexibility index (Phi) is 5.06. The summed E-state index contributed by atoms with van der Waals surface area (Å²) in [7, 11) is 0. The Labute approximate surface area is 155 Å². The summed E-state index contributed by atoms with van der Waals surface area (Å²) in [5.41, 5.74) is -0.164. The number of hydrogen-bond acceptors (Lipinski definition) is 6. The summed E-state index contributed by atoms with van der Waals surface area (Å²) in [6, 6.07) is 5.69. The molecule has 0 atom stereocenters. The Morgan fingerprint density at radius 2 is 1.96 bits per heavy atom. The third-order valence-electron chi connectivity index (χ3n) is 3.80. The number of aryl methyl sites for hydroxylation is 1. The summed E-state index contributed by atoms with van der Waals surface area (Å²) in [4.78, 5) is 28.6. The van der Waals surface area contributed by atoms with Gasteiger partial charge in [0.2, 0.25) is 0 Å². The summed E-state index contributed by atoms with van der Waals surface area (Å²) in [6.07, 6.45) is -3.43. The summed E-state index contributed by atoms with van der Waals surface area (Å²) in [5.74, 6) is -1.27. The molecule has 1 amide bonds. The van der Waals surface area contributed by atoms with E-state index in [1.165, 1.54) is 24.4 Å². The molecule has 10 heteroatoms. The molecule has 0 fully saturated rings. The van der Waals surface area contributed by atoms with E-state index in [9.17, 15) is 27.9 Å².